The van der Waals surface area contributed by atoms with Gasteiger partial charge in [0.05, 0.1) is 11.0 Å². The van der Waals surface area contributed by atoms with Crippen molar-refractivity contribution in [1.29, 1.82) is 0 Å². The van der Waals surface area contributed by atoms with Crippen LogP contribution >= 0.6 is 0 Å². The lowest BCUT2D eigenvalue weighted by Crippen LogP contribution is -2.19. The van der Waals surface area contributed by atoms with Gasteiger partial charge in [0.15, 0.2) is 0 Å². The van der Waals surface area contributed by atoms with Crippen LogP contribution in [0.4, 0.5) is 20.6 Å². The third-order valence-corrected chi connectivity index (χ3v) is 5.57. The Balaban J connectivity index is 1.31. The molecule has 5 nitrogen and oxygen atoms in total. The molecule has 2 N–H and O–H groups in total. The minimum absolute atomic E-state index is 0.348. The van der Waals surface area contributed by atoms with Gasteiger partial charge in [-0.05, 0) is 72.6 Å². The van der Waals surface area contributed by atoms with E-state index in [2.05, 4.69) is 33.4 Å². The third-order valence-electron chi connectivity index (χ3n) is 5.57. The number of fused-ring (bicyclic) bond motifs is 1. The Kier molecular flexibility index (Phi) is 6.03. The molecule has 0 unspecified atom stereocenters. The number of para-hydroxylation sites is 3. The number of carbonyl (C=O) groups is 1. The van der Waals surface area contributed by atoms with Crippen molar-refractivity contribution in [3.05, 3.63) is 120 Å². The van der Waals surface area contributed by atoms with Gasteiger partial charge < -0.3 is 10.6 Å². The van der Waals surface area contributed by atoms with Crippen LogP contribution in [0, 0.1) is 5.82 Å². The number of aromatic nitrogens is 2. The highest BCUT2D eigenvalue weighted by atomic mass is 19.1. The van der Waals surface area contributed by atoms with Gasteiger partial charge in [0.1, 0.15) is 11.6 Å². The third kappa shape index (κ3) is 4.81. The van der Waals surface area contributed by atoms with Crippen LogP contribution in [0.1, 0.15) is 11.4 Å². The van der Waals surface area contributed by atoms with Crippen molar-refractivity contribution in [2.75, 3.05) is 10.6 Å². The summed E-state index contributed by atoms with van der Waals surface area (Å²) in [6, 6.07) is 31.4. The van der Waals surface area contributed by atoms with Crippen molar-refractivity contribution in [3.63, 3.8) is 0 Å². The second-order valence-electron chi connectivity index (χ2n) is 7.97. The first-order valence-corrected chi connectivity index (χ1v) is 11.1. The van der Waals surface area contributed by atoms with Gasteiger partial charge in [0.2, 0.25) is 0 Å². The number of aryl methyl sites for hydroxylation is 2. The average Bonchev–Trinajstić information content (AvgIpc) is 3.23. The molecule has 0 atom stereocenters. The SMILES string of the molecule is O=C(Nc1ccc(F)cc1)Nc1cccc(CCc2nc3ccccc3n2-c2ccccc2)c1. The molecule has 5 aromatic rings. The molecule has 0 radical (unpaired) electrons. The molecular weight excluding hydrogens is 427 g/mol. The number of hydrogen-bond acceptors (Lipinski definition) is 2. The highest BCUT2D eigenvalue weighted by molar-refractivity contribution is 5.99. The van der Waals surface area contributed by atoms with Crippen LogP contribution in [0.15, 0.2) is 103 Å². The van der Waals surface area contributed by atoms with Crippen molar-refractivity contribution in [2.45, 2.75) is 12.8 Å². The fourth-order valence-electron chi connectivity index (χ4n) is 4.00. The van der Waals surface area contributed by atoms with E-state index in [9.17, 15) is 9.18 Å². The summed E-state index contributed by atoms with van der Waals surface area (Å²) in [5.74, 6) is 0.638. The zero-order chi connectivity index (χ0) is 23.3. The Morgan fingerprint density at radius 2 is 1.50 bits per heavy atom. The van der Waals surface area contributed by atoms with Gasteiger partial charge in [-0.15, -0.1) is 0 Å². The molecule has 0 spiro atoms. The van der Waals surface area contributed by atoms with Crippen molar-refractivity contribution in [3.8, 4) is 5.69 Å². The molecule has 6 heteroatoms. The summed E-state index contributed by atoms with van der Waals surface area (Å²) < 4.78 is 15.3. The number of hydrogen-bond donors (Lipinski definition) is 2. The maximum atomic E-state index is 13.1. The van der Waals surface area contributed by atoms with Crippen LogP contribution in [-0.2, 0) is 12.8 Å². The topological polar surface area (TPSA) is 59.0 Å². The number of nitrogens with one attached hydrogen (secondary N) is 2. The van der Waals surface area contributed by atoms with E-state index >= 15 is 0 Å². The van der Waals surface area contributed by atoms with Crippen LogP contribution in [0.25, 0.3) is 16.7 Å². The second kappa shape index (κ2) is 9.58. The quantitative estimate of drug-likeness (QED) is 0.306. The second-order valence-corrected chi connectivity index (χ2v) is 7.97. The summed E-state index contributed by atoms with van der Waals surface area (Å²) in [6.45, 7) is 0. The van der Waals surface area contributed by atoms with Gasteiger partial charge in [-0.25, -0.2) is 14.2 Å². The molecule has 0 aliphatic rings. The molecule has 1 aromatic heterocycles. The van der Waals surface area contributed by atoms with Crippen molar-refractivity contribution in [2.24, 2.45) is 0 Å². The lowest BCUT2D eigenvalue weighted by molar-refractivity contribution is 0.262. The molecule has 2 amide bonds. The Morgan fingerprint density at radius 1 is 0.765 bits per heavy atom. The van der Waals surface area contributed by atoms with E-state index in [-0.39, 0.29) is 11.8 Å². The van der Waals surface area contributed by atoms with E-state index in [0.29, 0.717) is 11.4 Å². The molecule has 0 saturated carbocycles. The molecule has 34 heavy (non-hydrogen) atoms. The molecule has 0 aliphatic heterocycles. The van der Waals surface area contributed by atoms with Gasteiger partial charge in [-0.1, -0.05) is 42.5 Å². The summed E-state index contributed by atoms with van der Waals surface area (Å²) >= 11 is 0. The molecule has 0 aliphatic carbocycles. The normalized spacial score (nSPS) is 10.9. The Bertz CT molecular complexity index is 1430. The molecule has 0 saturated heterocycles. The average molecular weight is 451 g/mol. The molecule has 168 valence electrons. The van der Waals surface area contributed by atoms with E-state index in [4.69, 9.17) is 4.98 Å². The highest BCUT2D eigenvalue weighted by Gasteiger charge is 2.12. The lowest BCUT2D eigenvalue weighted by Gasteiger charge is -2.11. The molecule has 0 bridgehead atoms. The van der Waals surface area contributed by atoms with Crippen LogP contribution in [0.3, 0.4) is 0 Å². The predicted octanol–water partition coefficient (Wildman–Crippen LogP) is 6.59. The van der Waals surface area contributed by atoms with Crippen molar-refractivity contribution < 1.29 is 9.18 Å². The number of anilines is 2. The molecule has 0 fully saturated rings. The van der Waals surface area contributed by atoms with Crippen molar-refractivity contribution >= 4 is 28.4 Å². The van der Waals surface area contributed by atoms with Gasteiger partial charge in [0, 0.05) is 23.5 Å². The predicted molar refractivity (Wildman–Crippen MR) is 134 cm³/mol. The number of amides is 2. The monoisotopic (exact) mass is 450 g/mol. The molecular formula is C28H23FN4O. The summed E-state index contributed by atoms with van der Waals surface area (Å²) in [5.41, 5.74) is 5.43. The first kappa shape index (κ1) is 21.4. The Morgan fingerprint density at radius 3 is 2.32 bits per heavy atom. The number of rotatable bonds is 6. The van der Waals surface area contributed by atoms with Crippen LogP contribution in [0.2, 0.25) is 0 Å². The fourth-order valence-corrected chi connectivity index (χ4v) is 4.00. The Hall–Kier alpha value is -4.45. The van der Waals surface area contributed by atoms with E-state index in [0.717, 1.165) is 41.0 Å². The highest BCUT2D eigenvalue weighted by Crippen LogP contribution is 2.23. The fraction of sp³-hybridized carbons (Fsp3) is 0.0714. The van der Waals surface area contributed by atoms with Gasteiger partial charge in [-0.3, -0.25) is 4.57 Å². The van der Waals surface area contributed by atoms with Crippen molar-refractivity contribution in [1.82, 2.24) is 9.55 Å². The minimum atomic E-state index is -0.380. The smallest absolute Gasteiger partial charge is 0.308 e. The van der Waals surface area contributed by atoms with Gasteiger partial charge in [0.25, 0.3) is 0 Å². The van der Waals surface area contributed by atoms with Gasteiger partial charge in [-0.2, -0.15) is 0 Å². The van der Waals surface area contributed by atoms with Crippen LogP contribution in [0.5, 0.6) is 0 Å². The Labute approximate surface area is 196 Å². The number of nitrogens with zero attached hydrogens (tertiary/aromatic N) is 2. The zero-order valence-electron chi connectivity index (χ0n) is 18.4. The van der Waals surface area contributed by atoms with E-state index in [1.165, 1.54) is 24.3 Å². The lowest BCUT2D eigenvalue weighted by atomic mass is 10.1. The first-order valence-electron chi connectivity index (χ1n) is 11.1. The molecule has 1 heterocycles. The maximum Gasteiger partial charge on any atom is 0.323 e. The summed E-state index contributed by atoms with van der Waals surface area (Å²) in [4.78, 5) is 17.2. The van der Waals surface area contributed by atoms with Crippen LogP contribution < -0.4 is 10.6 Å². The number of imidazole rings is 1. The summed E-state index contributed by atoms with van der Waals surface area (Å²) in [6.07, 6.45) is 1.51. The summed E-state index contributed by atoms with van der Waals surface area (Å²) in [5, 5.41) is 5.54. The summed E-state index contributed by atoms with van der Waals surface area (Å²) in [7, 11) is 0. The zero-order valence-corrected chi connectivity index (χ0v) is 18.4. The number of urea groups is 1. The van der Waals surface area contributed by atoms with Gasteiger partial charge >= 0.3 is 6.03 Å². The number of benzene rings is 4. The van der Waals surface area contributed by atoms with E-state index < -0.39 is 0 Å². The van der Waals surface area contributed by atoms with Crippen LogP contribution in [-0.4, -0.2) is 15.6 Å². The molecule has 4 aromatic carbocycles. The number of carbonyl (C=O) groups excluding carboxylic acids is 1. The minimum Gasteiger partial charge on any atom is -0.308 e. The standard InChI is InChI=1S/C28H23FN4O/c29-21-14-16-22(17-15-21)30-28(34)31-23-8-6-7-20(19-23)13-18-27-32-25-11-4-5-12-26(25)33(27)24-9-2-1-3-10-24/h1-12,14-17,19H,13,18H2,(H2,30,31,34). The largest absolute Gasteiger partial charge is 0.323 e. The number of halogens is 1. The maximum absolute atomic E-state index is 13.1. The van der Waals surface area contributed by atoms with E-state index in [1.807, 2.05) is 60.7 Å². The molecule has 5 rings (SSSR count). The first-order chi connectivity index (χ1) is 16.7. The van der Waals surface area contributed by atoms with E-state index in [1.54, 1.807) is 0 Å².